The number of carbonyl (C=O) groups excluding carboxylic acids is 1. The molecule has 1 amide bonds. The summed E-state index contributed by atoms with van der Waals surface area (Å²) in [7, 11) is 0. The number of nitrogens with one attached hydrogen (secondary N) is 3. The van der Waals surface area contributed by atoms with Gasteiger partial charge in [0, 0.05) is 18.2 Å². The van der Waals surface area contributed by atoms with Crippen molar-refractivity contribution in [2.45, 2.75) is 52.3 Å². The van der Waals surface area contributed by atoms with E-state index in [1.807, 2.05) is 75.4 Å². The van der Waals surface area contributed by atoms with Gasteiger partial charge in [0.1, 0.15) is 5.60 Å². The van der Waals surface area contributed by atoms with Crippen LogP contribution in [0.25, 0.3) is 0 Å². The van der Waals surface area contributed by atoms with Crippen LogP contribution in [-0.4, -0.2) is 36.1 Å². The van der Waals surface area contributed by atoms with Crippen LogP contribution < -0.4 is 16.0 Å². The number of guanidine groups is 1. The molecule has 0 radical (unpaired) electrons. The van der Waals surface area contributed by atoms with Crippen LogP contribution in [0.2, 0.25) is 0 Å². The molecule has 4 N–H and O–H groups in total. The Kier molecular flexibility index (Phi) is 11.6. The molecule has 0 aromatic heterocycles. The molecular weight excluding hydrogens is 503 g/mol. The number of aliphatic imine (C=N–C) groups is 1. The summed E-state index contributed by atoms with van der Waals surface area (Å²) in [5, 5.41) is 20.2. The molecule has 0 saturated heterocycles. The van der Waals surface area contributed by atoms with Gasteiger partial charge in [-0.2, -0.15) is 0 Å². The molecule has 0 heterocycles. The first-order chi connectivity index (χ1) is 14.4. The van der Waals surface area contributed by atoms with Crippen LogP contribution in [-0.2, 0) is 12.1 Å². The molecule has 7 heteroatoms. The Morgan fingerprint density at radius 2 is 1.81 bits per heavy atom. The largest absolute Gasteiger partial charge is 0.384 e. The van der Waals surface area contributed by atoms with Crippen LogP contribution in [0.15, 0.2) is 59.6 Å². The molecule has 0 aliphatic rings. The van der Waals surface area contributed by atoms with Crippen LogP contribution >= 0.6 is 24.0 Å². The summed E-state index contributed by atoms with van der Waals surface area (Å²) < 4.78 is 0. The molecule has 2 unspecified atom stereocenters. The first-order valence-corrected chi connectivity index (χ1v) is 10.6. The summed E-state index contributed by atoms with van der Waals surface area (Å²) in [6.45, 7) is 9.25. The Morgan fingerprint density at radius 1 is 1.10 bits per heavy atom. The summed E-state index contributed by atoms with van der Waals surface area (Å²) in [6, 6.07) is 17.2. The number of hydrogen-bond acceptors (Lipinski definition) is 3. The van der Waals surface area contributed by atoms with Gasteiger partial charge < -0.3 is 21.1 Å². The maximum atomic E-state index is 12.4. The fraction of sp³-hybridized carbons (Fsp3) is 0.417. The molecule has 0 aliphatic carbocycles. The van der Waals surface area contributed by atoms with E-state index in [-0.39, 0.29) is 35.9 Å². The number of nitrogens with zero attached hydrogens (tertiary/aromatic N) is 1. The third-order valence-electron chi connectivity index (χ3n) is 4.94. The second kappa shape index (κ2) is 13.3. The maximum Gasteiger partial charge on any atom is 0.251 e. The summed E-state index contributed by atoms with van der Waals surface area (Å²) >= 11 is 0. The highest BCUT2D eigenvalue weighted by Gasteiger charge is 2.22. The highest BCUT2D eigenvalue weighted by atomic mass is 127. The topological polar surface area (TPSA) is 85.8 Å². The average molecular weight is 538 g/mol. The van der Waals surface area contributed by atoms with Gasteiger partial charge in [0.2, 0.25) is 0 Å². The first-order valence-electron chi connectivity index (χ1n) is 10.6. The molecule has 0 saturated carbocycles. The predicted molar refractivity (Wildman–Crippen MR) is 138 cm³/mol. The molecule has 31 heavy (non-hydrogen) atoms. The van der Waals surface area contributed by atoms with E-state index in [4.69, 9.17) is 0 Å². The quantitative estimate of drug-likeness (QED) is 0.222. The Hall–Kier alpha value is -2.13. The van der Waals surface area contributed by atoms with Crippen molar-refractivity contribution in [3.63, 3.8) is 0 Å². The third-order valence-corrected chi connectivity index (χ3v) is 4.94. The Morgan fingerprint density at radius 3 is 2.45 bits per heavy atom. The van der Waals surface area contributed by atoms with Crippen molar-refractivity contribution >= 4 is 35.8 Å². The van der Waals surface area contributed by atoms with Gasteiger partial charge in [0.25, 0.3) is 5.91 Å². The zero-order chi connectivity index (χ0) is 22.0. The van der Waals surface area contributed by atoms with Gasteiger partial charge in [-0.05, 0) is 50.5 Å². The standard InChI is InChI=1S/C24H34N4O2.HI/c1-5-18(3)28-22(29)20-12-10-11-19(15-20)16-26-23(25-6-2)27-17-24(4,30)21-13-8-7-9-14-21;/h7-15,18,30H,5-6,16-17H2,1-4H3,(H,28,29)(H2,25,26,27);1H. The molecule has 2 aromatic rings. The minimum absolute atomic E-state index is 0. The molecule has 170 valence electrons. The predicted octanol–water partition coefficient (Wildman–Crippen LogP) is 3.80. The van der Waals surface area contributed by atoms with Crippen molar-refractivity contribution < 1.29 is 9.90 Å². The maximum absolute atomic E-state index is 12.4. The number of benzene rings is 2. The molecule has 2 rings (SSSR count). The van der Waals surface area contributed by atoms with Gasteiger partial charge in [-0.1, -0.05) is 49.4 Å². The molecule has 0 bridgehead atoms. The lowest BCUT2D eigenvalue weighted by Crippen LogP contribution is -2.44. The van der Waals surface area contributed by atoms with Gasteiger partial charge >= 0.3 is 0 Å². The van der Waals surface area contributed by atoms with Crippen molar-refractivity contribution in [1.29, 1.82) is 0 Å². The Balaban J connectivity index is 0.00000480. The van der Waals surface area contributed by atoms with Crippen molar-refractivity contribution in [3.8, 4) is 0 Å². The number of hydrogen-bond donors (Lipinski definition) is 4. The first kappa shape index (κ1) is 26.9. The SMILES string of the molecule is CCNC(=NCc1cccc(C(=O)NC(C)CC)c1)NCC(C)(O)c1ccccc1.I. The Bertz CT molecular complexity index is 840. The fourth-order valence-electron chi connectivity index (χ4n) is 2.89. The van der Waals surface area contributed by atoms with E-state index in [1.54, 1.807) is 6.92 Å². The molecule has 0 aliphatic heterocycles. The van der Waals surface area contributed by atoms with Gasteiger partial charge in [-0.15, -0.1) is 24.0 Å². The molecule has 6 nitrogen and oxygen atoms in total. The van der Waals surface area contributed by atoms with Crippen LogP contribution in [0.1, 0.15) is 55.6 Å². The average Bonchev–Trinajstić information content (AvgIpc) is 2.76. The Labute approximate surface area is 203 Å². The van der Waals surface area contributed by atoms with Gasteiger partial charge in [-0.25, -0.2) is 4.99 Å². The van der Waals surface area contributed by atoms with Crippen molar-refractivity contribution in [3.05, 3.63) is 71.3 Å². The molecule has 2 atom stereocenters. The van der Waals surface area contributed by atoms with Crippen LogP contribution in [0.4, 0.5) is 0 Å². The second-order valence-corrected chi connectivity index (χ2v) is 7.67. The second-order valence-electron chi connectivity index (χ2n) is 7.67. The van der Waals surface area contributed by atoms with E-state index < -0.39 is 5.60 Å². The van der Waals surface area contributed by atoms with E-state index in [2.05, 4.69) is 20.9 Å². The number of rotatable bonds is 9. The summed E-state index contributed by atoms with van der Waals surface area (Å²) in [5.41, 5.74) is 1.39. The summed E-state index contributed by atoms with van der Waals surface area (Å²) in [6.07, 6.45) is 0.889. The van der Waals surface area contributed by atoms with Gasteiger partial charge in [0.05, 0.1) is 13.1 Å². The zero-order valence-electron chi connectivity index (χ0n) is 18.8. The van der Waals surface area contributed by atoms with Crippen LogP contribution in [0, 0.1) is 0 Å². The molecule has 0 spiro atoms. The summed E-state index contributed by atoms with van der Waals surface area (Å²) in [5.74, 6) is 0.544. The lowest BCUT2D eigenvalue weighted by atomic mass is 9.96. The van der Waals surface area contributed by atoms with E-state index in [9.17, 15) is 9.90 Å². The van der Waals surface area contributed by atoms with E-state index >= 15 is 0 Å². The van der Waals surface area contributed by atoms with Crippen LogP contribution in [0.5, 0.6) is 0 Å². The normalized spacial score (nSPS) is 14.0. The van der Waals surface area contributed by atoms with Crippen LogP contribution in [0.3, 0.4) is 0 Å². The highest BCUT2D eigenvalue weighted by Crippen LogP contribution is 2.18. The zero-order valence-corrected chi connectivity index (χ0v) is 21.1. The lowest BCUT2D eigenvalue weighted by Gasteiger charge is -2.25. The van der Waals surface area contributed by atoms with E-state index in [1.165, 1.54) is 0 Å². The third kappa shape index (κ3) is 8.86. The van der Waals surface area contributed by atoms with Crippen molar-refractivity contribution in [2.24, 2.45) is 4.99 Å². The lowest BCUT2D eigenvalue weighted by molar-refractivity contribution is 0.0617. The van der Waals surface area contributed by atoms with E-state index in [0.29, 0.717) is 31.2 Å². The van der Waals surface area contributed by atoms with Crippen molar-refractivity contribution in [1.82, 2.24) is 16.0 Å². The number of amides is 1. The summed E-state index contributed by atoms with van der Waals surface area (Å²) in [4.78, 5) is 17.0. The highest BCUT2D eigenvalue weighted by molar-refractivity contribution is 14.0. The fourth-order valence-corrected chi connectivity index (χ4v) is 2.89. The minimum atomic E-state index is -1.02. The molecular formula is C24H35IN4O2. The number of aliphatic hydroxyl groups is 1. The van der Waals surface area contributed by atoms with Crippen molar-refractivity contribution in [2.75, 3.05) is 13.1 Å². The minimum Gasteiger partial charge on any atom is -0.384 e. The van der Waals surface area contributed by atoms with Gasteiger partial charge in [0.15, 0.2) is 5.96 Å². The monoisotopic (exact) mass is 538 g/mol. The smallest absolute Gasteiger partial charge is 0.251 e. The number of carbonyl (C=O) groups is 1. The molecule has 0 fully saturated rings. The van der Waals surface area contributed by atoms with E-state index in [0.717, 1.165) is 17.5 Å². The van der Waals surface area contributed by atoms with Gasteiger partial charge in [-0.3, -0.25) is 4.79 Å². The molecule has 2 aromatic carbocycles. The number of halogens is 1.